The van der Waals surface area contributed by atoms with Crippen molar-refractivity contribution < 1.29 is 9.47 Å². The highest BCUT2D eigenvalue weighted by molar-refractivity contribution is 5.11. The van der Waals surface area contributed by atoms with E-state index in [1.807, 2.05) is 0 Å². The van der Waals surface area contributed by atoms with Crippen LogP contribution in [0, 0.1) is 17.3 Å². The number of nitrogens with one attached hydrogen (secondary N) is 1. The van der Waals surface area contributed by atoms with Crippen molar-refractivity contribution in [1.82, 2.24) is 10.2 Å². The summed E-state index contributed by atoms with van der Waals surface area (Å²) in [4.78, 5) is 2.53. The van der Waals surface area contributed by atoms with Crippen molar-refractivity contribution in [3.05, 3.63) is 0 Å². The van der Waals surface area contributed by atoms with E-state index in [1.54, 1.807) is 7.11 Å². The summed E-state index contributed by atoms with van der Waals surface area (Å²) in [6.07, 6.45) is 3.08. The number of hydrogen-bond donors (Lipinski definition) is 1. The highest BCUT2D eigenvalue weighted by Crippen LogP contribution is 2.52. The minimum Gasteiger partial charge on any atom is -0.383 e. The van der Waals surface area contributed by atoms with E-state index in [2.05, 4.69) is 24.1 Å². The van der Waals surface area contributed by atoms with Crippen molar-refractivity contribution >= 4 is 0 Å². The lowest BCUT2D eigenvalue weighted by molar-refractivity contribution is -0.113. The number of hydrogen-bond acceptors (Lipinski definition) is 4. The summed E-state index contributed by atoms with van der Waals surface area (Å²) >= 11 is 0. The van der Waals surface area contributed by atoms with E-state index in [1.165, 1.54) is 32.5 Å². The molecule has 116 valence electrons. The standard InChI is InChI=1S/C16H30N2O2/c1-16(2)14(13-5-8-20-15(13)16)17-10-12-4-6-18(11-12)7-9-19-3/h12-15,17H,4-11H2,1-3H3/t12-,13+,14-,15+/m1/s1. The summed E-state index contributed by atoms with van der Waals surface area (Å²) in [7, 11) is 1.79. The highest BCUT2D eigenvalue weighted by atomic mass is 16.5. The highest BCUT2D eigenvalue weighted by Gasteiger charge is 2.58. The monoisotopic (exact) mass is 282 g/mol. The van der Waals surface area contributed by atoms with Gasteiger partial charge in [-0.15, -0.1) is 0 Å². The second-order valence-electron chi connectivity index (χ2n) is 7.40. The van der Waals surface area contributed by atoms with Gasteiger partial charge in [0, 0.05) is 44.2 Å². The molecule has 1 N–H and O–H groups in total. The average Bonchev–Trinajstić information content (AvgIpc) is 3.04. The van der Waals surface area contributed by atoms with Crippen LogP contribution in [0.4, 0.5) is 0 Å². The predicted octanol–water partition coefficient (Wildman–Crippen LogP) is 1.36. The van der Waals surface area contributed by atoms with Gasteiger partial charge in [-0.25, -0.2) is 0 Å². The zero-order valence-corrected chi connectivity index (χ0v) is 13.2. The smallest absolute Gasteiger partial charge is 0.0685 e. The molecule has 0 aromatic rings. The molecular weight excluding hydrogens is 252 g/mol. The van der Waals surface area contributed by atoms with Crippen molar-refractivity contribution in [2.45, 2.75) is 38.8 Å². The molecule has 4 nitrogen and oxygen atoms in total. The molecule has 1 aliphatic carbocycles. The second-order valence-corrected chi connectivity index (χ2v) is 7.40. The lowest BCUT2D eigenvalue weighted by Crippen LogP contribution is -2.66. The second kappa shape index (κ2) is 5.91. The van der Waals surface area contributed by atoms with Gasteiger partial charge in [0.2, 0.25) is 0 Å². The van der Waals surface area contributed by atoms with Gasteiger partial charge in [-0.2, -0.15) is 0 Å². The molecule has 0 aromatic carbocycles. The number of fused-ring (bicyclic) bond motifs is 1. The minimum absolute atomic E-state index is 0.315. The average molecular weight is 282 g/mol. The molecule has 0 bridgehead atoms. The molecule has 0 amide bonds. The Bertz CT molecular complexity index is 334. The molecule has 0 aromatic heterocycles. The van der Waals surface area contributed by atoms with Gasteiger partial charge in [0.25, 0.3) is 0 Å². The van der Waals surface area contributed by atoms with Crippen LogP contribution in [-0.2, 0) is 9.47 Å². The van der Waals surface area contributed by atoms with Crippen LogP contribution in [0.5, 0.6) is 0 Å². The van der Waals surface area contributed by atoms with Crippen LogP contribution in [-0.4, -0.2) is 63.5 Å². The fraction of sp³-hybridized carbons (Fsp3) is 1.00. The zero-order chi connectivity index (χ0) is 14.2. The van der Waals surface area contributed by atoms with Crippen molar-refractivity contribution in [3.8, 4) is 0 Å². The number of rotatable bonds is 6. The summed E-state index contributed by atoms with van der Waals surface area (Å²) in [5, 5.41) is 3.86. The summed E-state index contributed by atoms with van der Waals surface area (Å²) in [5.74, 6) is 1.57. The molecule has 4 atom stereocenters. The van der Waals surface area contributed by atoms with Gasteiger partial charge in [0.05, 0.1) is 12.7 Å². The maximum atomic E-state index is 5.87. The van der Waals surface area contributed by atoms with E-state index < -0.39 is 0 Å². The van der Waals surface area contributed by atoms with Crippen molar-refractivity contribution in [3.63, 3.8) is 0 Å². The molecule has 0 spiro atoms. The Hall–Kier alpha value is -0.160. The van der Waals surface area contributed by atoms with E-state index in [0.717, 1.165) is 31.6 Å². The number of nitrogens with zero attached hydrogens (tertiary/aromatic N) is 1. The Morgan fingerprint density at radius 1 is 1.35 bits per heavy atom. The van der Waals surface area contributed by atoms with E-state index in [-0.39, 0.29) is 0 Å². The Morgan fingerprint density at radius 3 is 3.00 bits per heavy atom. The first-order valence-corrected chi connectivity index (χ1v) is 8.19. The number of ether oxygens (including phenoxy) is 2. The molecule has 3 rings (SSSR count). The molecule has 1 saturated carbocycles. The molecule has 2 heterocycles. The van der Waals surface area contributed by atoms with Crippen LogP contribution in [0.3, 0.4) is 0 Å². The van der Waals surface area contributed by atoms with Crippen LogP contribution in [0.2, 0.25) is 0 Å². The topological polar surface area (TPSA) is 33.7 Å². The quantitative estimate of drug-likeness (QED) is 0.797. The summed E-state index contributed by atoms with van der Waals surface area (Å²) in [5.41, 5.74) is 0.315. The van der Waals surface area contributed by atoms with E-state index in [4.69, 9.17) is 9.47 Å². The van der Waals surface area contributed by atoms with E-state index >= 15 is 0 Å². The molecule has 20 heavy (non-hydrogen) atoms. The molecule has 3 aliphatic rings. The summed E-state index contributed by atoms with van der Waals surface area (Å²) < 4.78 is 11.0. The van der Waals surface area contributed by atoms with Gasteiger partial charge in [0.15, 0.2) is 0 Å². The number of likely N-dealkylation sites (tertiary alicyclic amines) is 1. The van der Waals surface area contributed by atoms with Gasteiger partial charge < -0.3 is 19.7 Å². The van der Waals surface area contributed by atoms with Crippen LogP contribution in [0.25, 0.3) is 0 Å². The van der Waals surface area contributed by atoms with Gasteiger partial charge in [-0.05, 0) is 31.8 Å². The normalized spacial score (nSPS) is 39.8. The first kappa shape index (κ1) is 14.8. The molecule has 3 fully saturated rings. The third-order valence-electron chi connectivity index (χ3n) is 5.71. The first-order valence-electron chi connectivity index (χ1n) is 8.19. The zero-order valence-electron chi connectivity index (χ0n) is 13.2. The van der Waals surface area contributed by atoms with E-state index in [9.17, 15) is 0 Å². The minimum atomic E-state index is 0.315. The first-order chi connectivity index (χ1) is 9.63. The Morgan fingerprint density at radius 2 is 2.20 bits per heavy atom. The van der Waals surface area contributed by atoms with Crippen molar-refractivity contribution in [2.24, 2.45) is 17.3 Å². The van der Waals surface area contributed by atoms with Gasteiger partial charge in [0.1, 0.15) is 0 Å². The molecule has 0 unspecified atom stereocenters. The van der Waals surface area contributed by atoms with Gasteiger partial charge >= 0.3 is 0 Å². The number of methoxy groups -OCH3 is 1. The fourth-order valence-electron chi connectivity index (χ4n) is 4.54. The lowest BCUT2D eigenvalue weighted by atomic mass is 9.57. The van der Waals surface area contributed by atoms with Crippen LogP contribution in [0.1, 0.15) is 26.7 Å². The van der Waals surface area contributed by atoms with Crippen molar-refractivity contribution in [2.75, 3.05) is 46.5 Å². The molecule has 0 radical (unpaired) electrons. The Labute approximate surface area is 123 Å². The van der Waals surface area contributed by atoms with Gasteiger partial charge in [-0.3, -0.25) is 0 Å². The SMILES string of the molecule is COCCN1CC[C@H](CN[C@@H]2[C@@H]3CCO[C@@H]3C2(C)C)C1. The van der Waals surface area contributed by atoms with Gasteiger partial charge in [-0.1, -0.05) is 13.8 Å². The summed E-state index contributed by atoms with van der Waals surface area (Å²) in [6.45, 7) is 11.3. The third-order valence-corrected chi connectivity index (χ3v) is 5.71. The fourth-order valence-corrected chi connectivity index (χ4v) is 4.54. The molecule has 2 saturated heterocycles. The molecule has 2 aliphatic heterocycles. The largest absolute Gasteiger partial charge is 0.383 e. The van der Waals surface area contributed by atoms with Crippen LogP contribution >= 0.6 is 0 Å². The lowest BCUT2D eigenvalue weighted by Gasteiger charge is -2.55. The molecule has 4 heteroatoms. The Balaban J connectivity index is 1.42. The predicted molar refractivity (Wildman–Crippen MR) is 79.8 cm³/mol. The van der Waals surface area contributed by atoms with Crippen LogP contribution in [0.15, 0.2) is 0 Å². The maximum absolute atomic E-state index is 5.87. The summed E-state index contributed by atoms with van der Waals surface area (Å²) in [6, 6.07) is 0.656. The Kier molecular flexibility index (Phi) is 4.37. The van der Waals surface area contributed by atoms with Crippen LogP contribution < -0.4 is 5.32 Å². The third kappa shape index (κ3) is 2.63. The van der Waals surface area contributed by atoms with Crippen molar-refractivity contribution in [1.29, 1.82) is 0 Å². The van der Waals surface area contributed by atoms with E-state index in [0.29, 0.717) is 17.6 Å². The molecular formula is C16H30N2O2. The maximum Gasteiger partial charge on any atom is 0.0685 e.